The number of hydrogen-bond acceptors (Lipinski definition) is 5. The Labute approximate surface area is 327 Å². The van der Waals surface area contributed by atoms with Crippen LogP contribution in [0, 0.1) is 0 Å². The van der Waals surface area contributed by atoms with E-state index >= 15 is 0 Å². The Hall–Kier alpha value is -7.41. The zero-order valence-corrected chi connectivity index (χ0v) is 30.7. The van der Waals surface area contributed by atoms with Crippen molar-refractivity contribution in [2.45, 2.75) is 12.3 Å². The lowest BCUT2D eigenvalue weighted by molar-refractivity contribution is 0.411. The second-order valence-electron chi connectivity index (χ2n) is 14.8. The number of aromatic nitrogens is 1. The zero-order chi connectivity index (χ0) is 37.5. The van der Waals surface area contributed by atoms with E-state index in [1.807, 2.05) is 36.4 Å². The monoisotopic (exact) mass is 734 g/mol. The van der Waals surface area contributed by atoms with Crippen molar-refractivity contribution in [1.29, 1.82) is 0 Å². The van der Waals surface area contributed by atoms with E-state index in [0.29, 0.717) is 0 Å². The Morgan fingerprint density at radius 2 is 1.11 bits per heavy atom. The topological polar surface area (TPSA) is 67.6 Å². The third-order valence-electron chi connectivity index (χ3n) is 11.5. The first-order chi connectivity index (χ1) is 28.2. The van der Waals surface area contributed by atoms with Crippen molar-refractivity contribution in [3.63, 3.8) is 0 Å². The summed E-state index contributed by atoms with van der Waals surface area (Å²) in [6.45, 7) is 0. The number of benzene rings is 8. The van der Waals surface area contributed by atoms with Crippen LogP contribution in [0.4, 0.5) is 0 Å². The third-order valence-corrected chi connectivity index (χ3v) is 11.5. The standard InChI is InChI=1S/C51H34N4O2/c1-2-12-31(13-3-1)49-52-50(54-51(53-49)41-19-11-23-46-48(41)40-18-6-9-22-45(40)56-46)34-14-10-15-35(28-34)55-42-20-7-4-16-36(42)37-26-24-32(29-43(37)55)33-25-27-39-38-17-5-8-21-44(38)57-47(39)30-33/h1-30,49,51,53H,(H,52,54). The third kappa shape index (κ3) is 5.12. The Balaban J connectivity index is 0.993. The molecule has 4 heterocycles. The number of aliphatic imine (C=N–C) groups is 1. The molecule has 0 saturated heterocycles. The number of hydrogen-bond donors (Lipinski definition) is 2. The molecule has 11 aromatic rings. The maximum absolute atomic E-state index is 6.31. The summed E-state index contributed by atoms with van der Waals surface area (Å²) in [7, 11) is 0. The predicted molar refractivity (Wildman–Crippen MR) is 232 cm³/mol. The summed E-state index contributed by atoms with van der Waals surface area (Å²) in [5, 5.41) is 14.5. The van der Waals surface area contributed by atoms with Gasteiger partial charge in [0.05, 0.1) is 11.0 Å². The molecule has 6 nitrogen and oxygen atoms in total. The maximum atomic E-state index is 6.31. The number of amidine groups is 1. The van der Waals surface area contributed by atoms with Crippen molar-refractivity contribution in [3.05, 3.63) is 199 Å². The molecule has 2 atom stereocenters. The van der Waals surface area contributed by atoms with Crippen LogP contribution in [-0.2, 0) is 0 Å². The lowest BCUT2D eigenvalue weighted by Crippen LogP contribution is -2.45. The maximum Gasteiger partial charge on any atom is 0.136 e. The fraction of sp³-hybridized carbons (Fsp3) is 0.0392. The Morgan fingerprint density at radius 1 is 0.456 bits per heavy atom. The van der Waals surface area contributed by atoms with E-state index in [1.165, 1.54) is 10.8 Å². The number of nitrogens with one attached hydrogen (secondary N) is 2. The summed E-state index contributed by atoms with van der Waals surface area (Å²) < 4.78 is 15.0. The van der Waals surface area contributed by atoms with Gasteiger partial charge in [-0.25, -0.2) is 4.99 Å². The number of rotatable bonds is 5. The fourth-order valence-electron chi connectivity index (χ4n) is 8.84. The second kappa shape index (κ2) is 12.6. The van der Waals surface area contributed by atoms with Crippen LogP contribution in [0.2, 0.25) is 0 Å². The van der Waals surface area contributed by atoms with Crippen molar-refractivity contribution in [2.24, 2.45) is 4.99 Å². The van der Waals surface area contributed by atoms with E-state index in [-0.39, 0.29) is 12.3 Å². The first-order valence-corrected chi connectivity index (χ1v) is 19.3. The van der Waals surface area contributed by atoms with Crippen LogP contribution in [0.5, 0.6) is 0 Å². The summed E-state index contributed by atoms with van der Waals surface area (Å²) in [6, 6.07) is 63.9. The van der Waals surface area contributed by atoms with E-state index < -0.39 is 0 Å². The van der Waals surface area contributed by atoms with Gasteiger partial charge in [0.1, 0.15) is 40.5 Å². The average Bonchev–Trinajstić information content (AvgIpc) is 3.95. The minimum atomic E-state index is -0.274. The van der Waals surface area contributed by atoms with Crippen LogP contribution >= 0.6 is 0 Å². The first kappa shape index (κ1) is 31.9. The highest BCUT2D eigenvalue weighted by Gasteiger charge is 2.28. The molecule has 0 bridgehead atoms. The molecule has 8 aromatic carbocycles. The molecule has 270 valence electrons. The molecule has 12 rings (SSSR count). The summed E-state index contributed by atoms with van der Waals surface area (Å²) in [6.07, 6.45) is -0.514. The van der Waals surface area contributed by atoms with Gasteiger partial charge in [0, 0.05) is 49.1 Å². The van der Waals surface area contributed by atoms with Gasteiger partial charge in [0.15, 0.2) is 0 Å². The molecule has 0 spiro atoms. The summed E-state index contributed by atoms with van der Waals surface area (Å²) in [4.78, 5) is 5.32. The van der Waals surface area contributed by atoms with E-state index in [1.54, 1.807) is 0 Å². The molecular weight excluding hydrogens is 701 g/mol. The minimum Gasteiger partial charge on any atom is -0.456 e. The number of fused-ring (bicyclic) bond motifs is 9. The normalized spacial score (nSPS) is 15.9. The molecule has 0 radical (unpaired) electrons. The highest BCUT2D eigenvalue weighted by molar-refractivity contribution is 6.11. The second-order valence-corrected chi connectivity index (χ2v) is 14.8. The minimum absolute atomic E-state index is 0.240. The van der Waals surface area contributed by atoms with E-state index in [0.717, 1.165) is 94.3 Å². The van der Waals surface area contributed by atoms with Gasteiger partial charge in [-0.05, 0) is 71.3 Å². The number of para-hydroxylation sites is 3. The van der Waals surface area contributed by atoms with Crippen molar-refractivity contribution in [2.75, 3.05) is 0 Å². The summed E-state index contributed by atoms with van der Waals surface area (Å²) >= 11 is 0. The van der Waals surface area contributed by atoms with Gasteiger partial charge in [-0.3, -0.25) is 5.32 Å². The average molecular weight is 735 g/mol. The summed E-state index contributed by atoms with van der Waals surface area (Å²) in [5.74, 6) is 0.819. The lowest BCUT2D eigenvalue weighted by atomic mass is 10.0. The van der Waals surface area contributed by atoms with Crippen LogP contribution in [-0.4, -0.2) is 10.4 Å². The van der Waals surface area contributed by atoms with E-state index in [9.17, 15) is 0 Å². The van der Waals surface area contributed by atoms with E-state index in [2.05, 4.69) is 161 Å². The number of furan rings is 2. The first-order valence-electron chi connectivity index (χ1n) is 19.3. The number of nitrogens with zero attached hydrogens (tertiary/aromatic N) is 2. The van der Waals surface area contributed by atoms with Crippen molar-refractivity contribution in [3.8, 4) is 16.8 Å². The molecule has 57 heavy (non-hydrogen) atoms. The molecule has 1 aliphatic heterocycles. The van der Waals surface area contributed by atoms with Crippen LogP contribution in [0.1, 0.15) is 29.0 Å². The van der Waals surface area contributed by atoms with Gasteiger partial charge < -0.3 is 18.7 Å². The van der Waals surface area contributed by atoms with Crippen LogP contribution in [0.3, 0.4) is 0 Å². The fourth-order valence-corrected chi connectivity index (χ4v) is 8.84. The smallest absolute Gasteiger partial charge is 0.136 e. The quantitative estimate of drug-likeness (QED) is 0.185. The van der Waals surface area contributed by atoms with Crippen molar-refractivity contribution >= 4 is 71.5 Å². The molecule has 0 fully saturated rings. The van der Waals surface area contributed by atoms with Crippen LogP contribution in [0.15, 0.2) is 196 Å². The lowest BCUT2D eigenvalue weighted by Gasteiger charge is -2.32. The predicted octanol–water partition coefficient (Wildman–Crippen LogP) is 12.6. The Kier molecular flexibility index (Phi) is 7.03. The molecule has 1 aliphatic rings. The molecule has 2 N–H and O–H groups in total. The summed E-state index contributed by atoms with van der Waals surface area (Å²) in [5.41, 5.74) is 12.3. The van der Waals surface area contributed by atoms with Gasteiger partial charge >= 0.3 is 0 Å². The van der Waals surface area contributed by atoms with Crippen molar-refractivity contribution < 1.29 is 8.83 Å². The Bertz CT molecular complexity index is 3390. The Morgan fingerprint density at radius 3 is 1.98 bits per heavy atom. The molecule has 3 aromatic heterocycles. The zero-order valence-electron chi connectivity index (χ0n) is 30.7. The molecule has 0 saturated carbocycles. The van der Waals surface area contributed by atoms with Gasteiger partial charge in [0.2, 0.25) is 0 Å². The highest BCUT2D eigenvalue weighted by Crippen LogP contribution is 2.39. The van der Waals surface area contributed by atoms with Crippen molar-refractivity contribution in [1.82, 2.24) is 15.2 Å². The van der Waals surface area contributed by atoms with Gasteiger partial charge in [0.25, 0.3) is 0 Å². The van der Waals surface area contributed by atoms with Crippen LogP contribution in [0.25, 0.3) is 82.5 Å². The van der Waals surface area contributed by atoms with Gasteiger partial charge in [-0.1, -0.05) is 127 Å². The SMILES string of the molecule is c1ccc(C2N=C(c3cccc(-n4c5ccccc5c5ccc(-c6ccc7c(c6)oc6ccccc67)cc54)c3)NC(c3cccc4oc5ccccc5c34)N2)cc1. The van der Waals surface area contributed by atoms with Crippen LogP contribution < -0.4 is 10.6 Å². The van der Waals surface area contributed by atoms with E-state index in [4.69, 9.17) is 13.8 Å². The molecule has 6 heteroatoms. The highest BCUT2D eigenvalue weighted by atomic mass is 16.3. The largest absolute Gasteiger partial charge is 0.456 e. The molecule has 0 aliphatic carbocycles. The van der Waals surface area contributed by atoms with Gasteiger partial charge in [-0.15, -0.1) is 0 Å². The molecule has 2 unspecified atom stereocenters. The van der Waals surface area contributed by atoms with Gasteiger partial charge in [-0.2, -0.15) is 0 Å². The molecule has 0 amide bonds. The molecular formula is C51H34N4O2.